The topological polar surface area (TPSA) is 79.3 Å². The molecule has 0 spiro atoms. The quantitative estimate of drug-likeness (QED) is 0.568. The number of carbonyl (C=O) groups excluding carboxylic acids is 1. The zero-order valence-electron chi connectivity index (χ0n) is 13.9. The van der Waals surface area contributed by atoms with Crippen molar-refractivity contribution in [3.05, 3.63) is 24.0 Å². The average Bonchev–Trinajstić information content (AvgIpc) is 2.87. The van der Waals surface area contributed by atoms with Crippen molar-refractivity contribution >= 4 is 44.7 Å². The standard InChI is InChI=1S/C16H18FN3O4S2/c17-14-8-12(20-10-13(9-18-11-25)24-16(20)21)2-3-15(14)19-4-1-6-26(22,23)7-5-19/h2-3,8,13H,1,4-7,9-10H2/t13-/m0/s1. The minimum absolute atomic E-state index is 0.00865. The van der Waals surface area contributed by atoms with E-state index in [9.17, 15) is 17.6 Å². The number of sulfone groups is 1. The van der Waals surface area contributed by atoms with Crippen molar-refractivity contribution in [3.8, 4) is 0 Å². The lowest BCUT2D eigenvalue weighted by atomic mass is 10.2. The minimum atomic E-state index is -3.07. The van der Waals surface area contributed by atoms with Crippen LogP contribution in [0.5, 0.6) is 0 Å². The Hall–Kier alpha value is -2.03. The van der Waals surface area contributed by atoms with Crippen molar-refractivity contribution in [2.45, 2.75) is 12.5 Å². The molecule has 2 aliphatic rings. The van der Waals surface area contributed by atoms with Gasteiger partial charge in [0.2, 0.25) is 0 Å². The van der Waals surface area contributed by atoms with Crippen LogP contribution in [-0.4, -0.2) is 63.5 Å². The predicted octanol–water partition coefficient (Wildman–Crippen LogP) is 1.88. The average molecular weight is 399 g/mol. The van der Waals surface area contributed by atoms with Gasteiger partial charge in [-0.2, -0.15) is 0 Å². The molecular weight excluding hydrogens is 381 g/mol. The van der Waals surface area contributed by atoms with Gasteiger partial charge in [0.1, 0.15) is 11.9 Å². The number of amides is 1. The third-order valence-corrected chi connectivity index (χ3v) is 6.22. The Morgan fingerprint density at radius 1 is 1.35 bits per heavy atom. The van der Waals surface area contributed by atoms with Crippen LogP contribution in [0.1, 0.15) is 6.42 Å². The molecule has 0 aliphatic carbocycles. The second-order valence-electron chi connectivity index (χ2n) is 6.18. The SMILES string of the molecule is O=C1O[C@@H](CN=C=S)CN1c1ccc(N2CCCS(=O)(=O)CC2)c(F)c1. The summed E-state index contributed by atoms with van der Waals surface area (Å²) in [5, 5.41) is 2.22. The van der Waals surface area contributed by atoms with E-state index >= 15 is 0 Å². The van der Waals surface area contributed by atoms with E-state index in [0.29, 0.717) is 24.3 Å². The molecule has 1 amide bonds. The number of aliphatic imine (C=N–C) groups is 1. The molecular formula is C16H18FN3O4S2. The summed E-state index contributed by atoms with van der Waals surface area (Å²) in [7, 11) is -3.07. The molecule has 0 saturated carbocycles. The molecule has 10 heteroatoms. The lowest BCUT2D eigenvalue weighted by Gasteiger charge is -2.23. The lowest BCUT2D eigenvalue weighted by Crippen LogP contribution is -2.28. The van der Waals surface area contributed by atoms with E-state index in [1.165, 1.54) is 11.0 Å². The van der Waals surface area contributed by atoms with Crippen LogP contribution >= 0.6 is 12.2 Å². The van der Waals surface area contributed by atoms with Gasteiger partial charge in [-0.3, -0.25) is 4.90 Å². The minimum Gasteiger partial charge on any atom is -0.442 e. The first-order valence-corrected chi connectivity index (χ1v) is 10.4. The third kappa shape index (κ3) is 4.20. The molecule has 0 bridgehead atoms. The van der Waals surface area contributed by atoms with Crippen LogP contribution in [0, 0.1) is 5.82 Å². The number of ether oxygens (including phenoxy) is 1. The molecule has 1 aromatic rings. The number of benzene rings is 1. The lowest BCUT2D eigenvalue weighted by molar-refractivity contribution is 0.145. The maximum atomic E-state index is 14.6. The molecule has 3 rings (SSSR count). The van der Waals surface area contributed by atoms with Crippen LogP contribution in [0.2, 0.25) is 0 Å². The van der Waals surface area contributed by atoms with Gasteiger partial charge in [0, 0.05) is 13.1 Å². The van der Waals surface area contributed by atoms with E-state index in [1.54, 1.807) is 17.0 Å². The van der Waals surface area contributed by atoms with Crippen molar-refractivity contribution in [3.63, 3.8) is 0 Å². The van der Waals surface area contributed by atoms with Crippen LogP contribution in [0.4, 0.5) is 20.6 Å². The molecule has 140 valence electrons. The zero-order chi connectivity index (χ0) is 18.7. The second kappa shape index (κ2) is 7.69. The number of thiocarbonyl (C=S) groups is 1. The molecule has 1 aromatic carbocycles. The predicted molar refractivity (Wildman–Crippen MR) is 99.4 cm³/mol. The first kappa shape index (κ1) is 18.8. The van der Waals surface area contributed by atoms with E-state index in [2.05, 4.69) is 22.4 Å². The summed E-state index contributed by atoms with van der Waals surface area (Å²) in [6, 6.07) is 4.46. The maximum absolute atomic E-state index is 14.6. The number of isothiocyanates is 1. The molecule has 0 radical (unpaired) electrons. The molecule has 26 heavy (non-hydrogen) atoms. The number of rotatable bonds is 4. The van der Waals surface area contributed by atoms with Gasteiger partial charge in [-0.05, 0) is 36.8 Å². The van der Waals surface area contributed by atoms with Gasteiger partial charge in [-0.25, -0.2) is 22.6 Å². The van der Waals surface area contributed by atoms with E-state index < -0.39 is 27.9 Å². The number of cyclic esters (lactones) is 1. The summed E-state index contributed by atoms with van der Waals surface area (Å²) in [5.74, 6) is -0.377. The van der Waals surface area contributed by atoms with Gasteiger partial charge in [0.05, 0.1) is 41.1 Å². The Labute approximate surface area is 156 Å². The van der Waals surface area contributed by atoms with Crippen LogP contribution in [-0.2, 0) is 14.6 Å². The Balaban J connectivity index is 1.75. The third-order valence-electron chi connectivity index (χ3n) is 4.37. The largest absolute Gasteiger partial charge is 0.442 e. The molecule has 2 saturated heterocycles. The molecule has 2 heterocycles. The van der Waals surface area contributed by atoms with Gasteiger partial charge in [0.25, 0.3) is 0 Å². The number of nitrogens with zero attached hydrogens (tertiary/aromatic N) is 3. The molecule has 2 fully saturated rings. The molecule has 0 unspecified atom stereocenters. The fourth-order valence-corrected chi connectivity index (χ4v) is 4.41. The Morgan fingerprint density at radius 2 is 2.15 bits per heavy atom. The molecule has 0 aromatic heterocycles. The number of hydrogen-bond donors (Lipinski definition) is 0. The fraction of sp³-hybridized carbons (Fsp3) is 0.500. The smallest absolute Gasteiger partial charge is 0.414 e. The van der Waals surface area contributed by atoms with Crippen molar-refractivity contribution < 1.29 is 22.3 Å². The van der Waals surface area contributed by atoms with Crippen molar-refractivity contribution in [2.75, 3.05) is 47.5 Å². The van der Waals surface area contributed by atoms with Crippen molar-refractivity contribution in [1.29, 1.82) is 0 Å². The first-order chi connectivity index (χ1) is 12.4. The highest BCUT2D eigenvalue weighted by Gasteiger charge is 2.32. The number of hydrogen-bond acceptors (Lipinski definition) is 7. The summed E-state index contributed by atoms with van der Waals surface area (Å²) < 4.78 is 43.2. The van der Waals surface area contributed by atoms with Crippen LogP contribution < -0.4 is 9.80 Å². The number of anilines is 2. The normalized spacial score (nSPS) is 22.5. The summed E-state index contributed by atoms with van der Waals surface area (Å²) in [6.07, 6.45) is -0.552. The molecule has 1 atom stereocenters. The Kier molecular flexibility index (Phi) is 5.55. The van der Waals surface area contributed by atoms with Gasteiger partial charge < -0.3 is 9.64 Å². The zero-order valence-corrected chi connectivity index (χ0v) is 15.6. The van der Waals surface area contributed by atoms with Crippen LogP contribution in [0.15, 0.2) is 23.2 Å². The summed E-state index contributed by atoms with van der Waals surface area (Å²) in [4.78, 5) is 18.8. The molecule has 0 N–H and O–H groups in total. The van der Waals surface area contributed by atoms with E-state index in [-0.39, 0.29) is 31.1 Å². The van der Waals surface area contributed by atoms with Crippen molar-refractivity contribution in [2.24, 2.45) is 4.99 Å². The maximum Gasteiger partial charge on any atom is 0.414 e. The Morgan fingerprint density at radius 3 is 2.88 bits per heavy atom. The van der Waals surface area contributed by atoms with Gasteiger partial charge in [-0.15, -0.1) is 0 Å². The fourth-order valence-electron chi connectivity index (χ4n) is 3.07. The number of halogens is 1. The van der Waals surface area contributed by atoms with Gasteiger partial charge in [-0.1, -0.05) is 0 Å². The van der Waals surface area contributed by atoms with Crippen LogP contribution in [0.25, 0.3) is 0 Å². The van der Waals surface area contributed by atoms with Crippen LogP contribution in [0.3, 0.4) is 0 Å². The van der Waals surface area contributed by atoms with Gasteiger partial charge in [0.15, 0.2) is 9.84 Å². The summed E-state index contributed by atoms with van der Waals surface area (Å²) in [6.45, 7) is 1.19. The highest BCUT2D eigenvalue weighted by molar-refractivity contribution is 7.91. The summed E-state index contributed by atoms with van der Waals surface area (Å²) >= 11 is 4.49. The van der Waals surface area contributed by atoms with Crippen molar-refractivity contribution in [1.82, 2.24) is 0 Å². The van der Waals surface area contributed by atoms with E-state index in [4.69, 9.17) is 4.74 Å². The molecule has 7 nitrogen and oxygen atoms in total. The van der Waals surface area contributed by atoms with E-state index in [0.717, 1.165) is 0 Å². The highest BCUT2D eigenvalue weighted by Crippen LogP contribution is 2.28. The van der Waals surface area contributed by atoms with Gasteiger partial charge >= 0.3 is 6.09 Å². The monoisotopic (exact) mass is 399 g/mol. The first-order valence-electron chi connectivity index (χ1n) is 8.16. The number of carbonyl (C=O) groups is 1. The summed E-state index contributed by atoms with van der Waals surface area (Å²) in [5.41, 5.74) is 0.716. The Bertz CT molecular complexity index is 855. The van der Waals surface area contributed by atoms with E-state index in [1.807, 2.05) is 0 Å². The molecule has 2 aliphatic heterocycles. The highest BCUT2D eigenvalue weighted by atomic mass is 32.2. The second-order valence-corrected chi connectivity index (χ2v) is 8.66.